The van der Waals surface area contributed by atoms with Crippen LogP contribution in [0.5, 0.6) is 0 Å². The third-order valence-corrected chi connectivity index (χ3v) is 4.82. The van der Waals surface area contributed by atoms with Crippen LogP contribution in [0.4, 0.5) is 10.1 Å². The maximum absolute atomic E-state index is 13.4. The zero-order valence-electron chi connectivity index (χ0n) is 11.0. The minimum Gasteiger partial charge on any atom is -0.376 e. The van der Waals surface area contributed by atoms with Crippen molar-refractivity contribution < 1.29 is 4.39 Å². The number of hydrogen-bond acceptors (Lipinski definition) is 3. The van der Waals surface area contributed by atoms with Crippen LogP contribution in [0, 0.1) is 5.82 Å². The fraction of sp³-hybridized carbons (Fsp3) is 0.133. The van der Waals surface area contributed by atoms with Crippen molar-refractivity contribution in [2.24, 2.45) is 0 Å². The predicted molar refractivity (Wildman–Crippen MR) is 88.1 cm³/mol. The highest BCUT2D eigenvalue weighted by Crippen LogP contribution is 2.31. The van der Waals surface area contributed by atoms with Gasteiger partial charge >= 0.3 is 0 Å². The van der Waals surface area contributed by atoms with Crippen molar-refractivity contribution >= 4 is 50.4 Å². The molecule has 108 valence electrons. The summed E-state index contributed by atoms with van der Waals surface area (Å²) in [5, 5.41) is 4.19. The van der Waals surface area contributed by atoms with Gasteiger partial charge in [-0.1, -0.05) is 35.3 Å². The number of hydrogen-bond donors (Lipinski definition) is 1. The van der Waals surface area contributed by atoms with Crippen LogP contribution >= 0.6 is 34.5 Å². The number of thiazole rings is 1. The lowest BCUT2D eigenvalue weighted by Crippen LogP contribution is -2.06. The maximum Gasteiger partial charge on any atom is 0.160 e. The smallest absolute Gasteiger partial charge is 0.160 e. The van der Waals surface area contributed by atoms with Crippen LogP contribution in [0.2, 0.25) is 10.0 Å². The average molecular weight is 341 g/mol. The second kappa shape index (κ2) is 5.79. The maximum atomic E-state index is 13.4. The molecule has 2 aromatic carbocycles. The molecular weight excluding hydrogens is 330 g/mol. The van der Waals surface area contributed by atoms with Gasteiger partial charge in [0.15, 0.2) is 5.82 Å². The Morgan fingerprint density at radius 1 is 1.19 bits per heavy atom. The summed E-state index contributed by atoms with van der Waals surface area (Å²) in [4.78, 5) is 4.59. The van der Waals surface area contributed by atoms with Crippen molar-refractivity contribution in [3.05, 3.63) is 57.3 Å². The van der Waals surface area contributed by atoms with Gasteiger partial charge in [0.05, 0.1) is 26.3 Å². The molecule has 1 unspecified atom stereocenters. The quantitative estimate of drug-likeness (QED) is 0.599. The third kappa shape index (κ3) is 2.98. The van der Waals surface area contributed by atoms with Crippen LogP contribution in [-0.4, -0.2) is 4.98 Å². The van der Waals surface area contributed by atoms with Crippen molar-refractivity contribution in [1.29, 1.82) is 0 Å². The van der Waals surface area contributed by atoms with Crippen molar-refractivity contribution in [1.82, 2.24) is 4.98 Å². The standard InChI is InChI=1S/C15H11Cl2FN2S/c1-8(15-20-12-4-2-3-5-13(12)21-15)19-9-6-10(16)14(18)11(17)7-9/h2-8,19H,1H3. The van der Waals surface area contributed by atoms with Crippen LogP contribution in [-0.2, 0) is 0 Å². The molecule has 0 aliphatic carbocycles. The van der Waals surface area contributed by atoms with Gasteiger partial charge in [-0.2, -0.15) is 0 Å². The number of nitrogens with one attached hydrogen (secondary N) is 1. The second-order valence-electron chi connectivity index (χ2n) is 4.64. The summed E-state index contributed by atoms with van der Waals surface area (Å²) in [6, 6.07) is 11.0. The number of fused-ring (bicyclic) bond motifs is 1. The Labute approximate surface area is 135 Å². The minimum atomic E-state index is -0.600. The van der Waals surface area contributed by atoms with Gasteiger partial charge < -0.3 is 5.32 Å². The topological polar surface area (TPSA) is 24.9 Å². The molecule has 3 rings (SSSR count). The van der Waals surface area contributed by atoms with Crippen LogP contribution < -0.4 is 5.32 Å². The fourth-order valence-electron chi connectivity index (χ4n) is 2.03. The largest absolute Gasteiger partial charge is 0.376 e. The summed E-state index contributed by atoms with van der Waals surface area (Å²) in [6.45, 7) is 1.99. The minimum absolute atomic E-state index is 0.00139. The first kappa shape index (κ1) is 14.6. The van der Waals surface area contributed by atoms with Gasteiger partial charge in [-0.3, -0.25) is 0 Å². The summed E-state index contributed by atoms with van der Waals surface area (Å²) < 4.78 is 14.5. The van der Waals surface area contributed by atoms with E-state index < -0.39 is 5.82 Å². The highest BCUT2D eigenvalue weighted by atomic mass is 35.5. The van der Waals surface area contributed by atoms with E-state index in [0.717, 1.165) is 15.2 Å². The van der Waals surface area contributed by atoms with Crippen LogP contribution in [0.25, 0.3) is 10.2 Å². The highest BCUT2D eigenvalue weighted by molar-refractivity contribution is 7.18. The molecule has 0 aliphatic heterocycles. The number of anilines is 1. The van der Waals surface area contributed by atoms with Gasteiger partial charge in [0.1, 0.15) is 5.01 Å². The first-order valence-electron chi connectivity index (χ1n) is 6.31. The molecule has 2 nitrogen and oxygen atoms in total. The van der Waals surface area contributed by atoms with E-state index in [2.05, 4.69) is 10.3 Å². The molecule has 1 atom stereocenters. The van der Waals surface area contributed by atoms with Gasteiger partial charge in [0, 0.05) is 5.69 Å². The van der Waals surface area contributed by atoms with E-state index in [9.17, 15) is 4.39 Å². The zero-order chi connectivity index (χ0) is 15.0. The lowest BCUT2D eigenvalue weighted by atomic mass is 10.2. The number of nitrogens with zero attached hydrogens (tertiary/aromatic N) is 1. The SMILES string of the molecule is CC(Nc1cc(Cl)c(F)c(Cl)c1)c1nc2ccccc2s1. The summed E-state index contributed by atoms with van der Waals surface area (Å²) >= 11 is 13.2. The van der Waals surface area contributed by atoms with Gasteiger partial charge in [0.25, 0.3) is 0 Å². The number of rotatable bonds is 3. The molecule has 1 heterocycles. The Balaban J connectivity index is 1.87. The van der Waals surface area contributed by atoms with E-state index in [1.54, 1.807) is 11.3 Å². The van der Waals surface area contributed by atoms with Gasteiger partial charge in [-0.05, 0) is 31.2 Å². The van der Waals surface area contributed by atoms with Crippen molar-refractivity contribution in [3.63, 3.8) is 0 Å². The molecule has 0 amide bonds. The Morgan fingerprint density at radius 3 is 2.52 bits per heavy atom. The summed E-state index contributed by atoms with van der Waals surface area (Å²) in [5.41, 5.74) is 1.64. The Bertz CT molecular complexity index is 747. The van der Waals surface area contributed by atoms with Crippen LogP contribution in [0.15, 0.2) is 36.4 Å². The molecule has 0 saturated heterocycles. The zero-order valence-corrected chi connectivity index (χ0v) is 13.4. The lowest BCUT2D eigenvalue weighted by molar-refractivity contribution is 0.628. The van der Waals surface area contributed by atoms with Crippen molar-refractivity contribution in [3.8, 4) is 0 Å². The predicted octanol–water partition coefficient (Wildman–Crippen LogP) is 5.92. The lowest BCUT2D eigenvalue weighted by Gasteiger charge is -2.13. The number of benzene rings is 2. The molecule has 0 fully saturated rings. The average Bonchev–Trinajstić information content (AvgIpc) is 2.88. The summed E-state index contributed by atoms with van der Waals surface area (Å²) in [7, 11) is 0. The van der Waals surface area contributed by atoms with Gasteiger partial charge in [-0.25, -0.2) is 9.37 Å². The third-order valence-electron chi connectivity index (χ3n) is 3.05. The molecule has 3 aromatic rings. The molecule has 0 spiro atoms. The first-order chi connectivity index (χ1) is 10.0. The number of aromatic nitrogens is 1. The van der Waals surface area contributed by atoms with Crippen LogP contribution in [0.1, 0.15) is 18.0 Å². The molecule has 0 radical (unpaired) electrons. The van der Waals surface area contributed by atoms with Crippen molar-refractivity contribution in [2.75, 3.05) is 5.32 Å². The highest BCUT2D eigenvalue weighted by Gasteiger charge is 2.13. The number of para-hydroxylation sites is 1. The summed E-state index contributed by atoms with van der Waals surface area (Å²) in [6.07, 6.45) is 0. The van der Waals surface area contributed by atoms with Crippen LogP contribution in [0.3, 0.4) is 0 Å². The van der Waals surface area contributed by atoms with E-state index in [-0.39, 0.29) is 16.1 Å². The molecule has 1 N–H and O–H groups in total. The normalized spacial score (nSPS) is 12.6. The fourth-order valence-corrected chi connectivity index (χ4v) is 3.48. The summed E-state index contributed by atoms with van der Waals surface area (Å²) in [5.74, 6) is -0.600. The Kier molecular flexibility index (Phi) is 4.02. The second-order valence-corrected chi connectivity index (χ2v) is 6.52. The first-order valence-corrected chi connectivity index (χ1v) is 7.88. The molecule has 6 heteroatoms. The molecule has 0 bridgehead atoms. The molecule has 1 aromatic heterocycles. The molecule has 21 heavy (non-hydrogen) atoms. The molecule has 0 aliphatic rings. The van der Waals surface area contributed by atoms with E-state index in [4.69, 9.17) is 23.2 Å². The number of halogens is 3. The van der Waals surface area contributed by atoms with E-state index in [0.29, 0.717) is 5.69 Å². The van der Waals surface area contributed by atoms with E-state index in [1.807, 2.05) is 31.2 Å². The van der Waals surface area contributed by atoms with Gasteiger partial charge in [-0.15, -0.1) is 11.3 Å². The van der Waals surface area contributed by atoms with E-state index >= 15 is 0 Å². The Morgan fingerprint density at radius 2 is 1.86 bits per heavy atom. The Hall–Kier alpha value is -1.36. The molecular formula is C15H11Cl2FN2S. The molecule has 0 saturated carbocycles. The van der Waals surface area contributed by atoms with Crippen molar-refractivity contribution in [2.45, 2.75) is 13.0 Å². The van der Waals surface area contributed by atoms with Gasteiger partial charge in [0.2, 0.25) is 0 Å². The monoisotopic (exact) mass is 340 g/mol. The van der Waals surface area contributed by atoms with E-state index in [1.165, 1.54) is 12.1 Å².